The van der Waals surface area contributed by atoms with Gasteiger partial charge in [-0.1, -0.05) is 33.6 Å². The minimum absolute atomic E-state index is 0.436. The topological polar surface area (TPSA) is 37.8 Å². The molecule has 3 nitrogen and oxygen atoms in total. The van der Waals surface area contributed by atoms with Gasteiger partial charge < -0.3 is 5.32 Å². The lowest BCUT2D eigenvalue weighted by Crippen LogP contribution is -1.97. The fourth-order valence-corrected chi connectivity index (χ4v) is 2.02. The molecule has 0 radical (unpaired) electrons. The Morgan fingerprint density at radius 2 is 1.94 bits per heavy atom. The lowest BCUT2D eigenvalue weighted by atomic mass is 10.2. The first-order chi connectivity index (χ1) is 8.04. The van der Waals surface area contributed by atoms with Crippen molar-refractivity contribution in [3.63, 3.8) is 0 Å². The first-order valence-electron chi connectivity index (χ1n) is 5.09. The maximum Gasteiger partial charge on any atom is 0.135 e. The third-order valence-corrected chi connectivity index (χ3v) is 3.30. The summed E-state index contributed by atoms with van der Waals surface area (Å²) in [6.45, 7) is 3.85. The maximum absolute atomic E-state index is 5.87. The molecule has 2 aromatic rings. The van der Waals surface area contributed by atoms with E-state index in [9.17, 15) is 0 Å². The van der Waals surface area contributed by atoms with Crippen LogP contribution in [-0.2, 0) is 0 Å². The lowest BCUT2D eigenvalue weighted by molar-refractivity contribution is 1.06. The van der Waals surface area contributed by atoms with Gasteiger partial charge in [0.2, 0.25) is 0 Å². The highest BCUT2D eigenvalue weighted by Gasteiger charge is 2.02. The second kappa shape index (κ2) is 5.02. The Kier molecular flexibility index (Phi) is 3.64. The van der Waals surface area contributed by atoms with Crippen molar-refractivity contribution < 1.29 is 0 Å². The number of halogens is 2. The molecule has 1 heterocycles. The third-order valence-electron chi connectivity index (χ3n) is 2.25. The smallest absolute Gasteiger partial charge is 0.135 e. The van der Waals surface area contributed by atoms with Gasteiger partial charge in [0.25, 0.3) is 0 Å². The highest BCUT2D eigenvalue weighted by atomic mass is 79.9. The molecular formula is C12H11BrClN3. The van der Waals surface area contributed by atoms with Crippen LogP contribution in [0, 0.1) is 13.8 Å². The Hall–Kier alpha value is -1.13. The molecule has 0 saturated carbocycles. The number of anilines is 2. The molecule has 0 spiro atoms. The van der Waals surface area contributed by atoms with Crippen molar-refractivity contribution in [3.05, 3.63) is 45.3 Å². The van der Waals surface area contributed by atoms with Gasteiger partial charge in [-0.2, -0.15) is 0 Å². The zero-order valence-corrected chi connectivity index (χ0v) is 11.8. The van der Waals surface area contributed by atoms with Crippen LogP contribution in [0.4, 0.5) is 11.5 Å². The van der Waals surface area contributed by atoms with Gasteiger partial charge in [-0.3, -0.25) is 0 Å². The summed E-state index contributed by atoms with van der Waals surface area (Å²) in [6, 6.07) is 7.72. The van der Waals surface area contributed by atoms with E-state index in [1.807, 2.05) is 32.0 Å². The lowest BCUT2D eigenvalue weighted by Gasteiger charge is -2.08. The summed E-state index contributed by atoms with van der Waals surface area (Å²) < 4.78 is 1.05. The number of hydrogen-bond acceptors (Lipinski definition) is 3. The van der Waals surface area contributed by atoms with Crippen molar-refractivity contribution >= 4 is 39.0 Å². The summed E-state index contributed by atoms with van der Waals surface area (Å²) in [6.07, 6.45) is 0. The molecule has 0 amide bonds. The molecule has 88 valence electrons. The van der Waals surface area contributed by atoms with Gasteiger partial charge in [0.1, 0.15) is 16.8 Å². The monoisotopic (exact) mass is 311 g/mol. The standard InChI is InChI=1S/C12H11BrClN3/c1-7-3-4-9(5-10(7)13)17-12-6-11(14)15-8(2)16-12/h3-6H,1-2H3,(H,15,16,17). The summed E-state index contributed by atoms with van der Waals surface area (Å²) in [5.41, 5.74) is 2.14. The fraction of sp³-hybridized carbons (Fsp3) is 0.167. The van der Waals surface area contributed by atoms with Crippen molar-refractivity contribution in [1.82, 2.24) is 9.97 Å². The normalized spacial score (nSPS) is 10.4. The number of nitrogens with one attached hydrogen (secondary N) is 1. The zero-order valence-electron chi connectivity index (χ0n) is 9.46. The minimum atomic E-state index is 0.436. The average Bonchev–Trinajstić information content (AvgIpc) is 2.22. The molecule has 5 heteroatoms. The summed E-state index contributed by atoms with van der Waals surface area (Å²) in [5.74, 6) is 1.34. The summed E-state index contributed by atoms with van der Waals surface area (Å²) in [5, 5.41) is 3.62. The molecule has 0 aliphatic heterocycles. The molecule has 0 fully saturated rings. The molecule has 0 bridgehead atoms. The van der Waals surface area contributed by atoms with Gasteiger partial charge >= 0.3 is 0 Å². The molecule has 1 N–H and O–H groups in total. The summed E-state index contributed by atoms with van der Waals surface area (Å²) >= 11 is 9.36. The number of hydrogen-bond donors (Lipinski definition) is 1. The second-order valence-corrected chi connectivity index (χ2v) is 4.95. The Morgan fingerprint density at radius 1 is 1.18 bits per heavy atom. The molecule has 1 aromatic heterocycles. The molecule has 0 atom stereocenters. The predicted molar refractivity (Wildman–Crippen MR) is 73.9 cm³/mol. The molecule has 2 rings (SSSR count). The highest BCUT2D eigenvalue weighted by Crippen LogP contribution is 2.23. The van der Waals surface area contributed by atoms with Crippen LogP contribution < -0.4 is 5.32 Å². The van der Waals surface area contributed by atoms with Crippen molar-refractivity contribution in [2.45, 2.75) is 13.8 Å². The minimum Gasteiger partial charge on any atom is -0.340 e. The first-order valence-corrected chi connectivity index (χ1v) is 6.26. The van der Waals surface area contributed by atoms with Crippen LogP contribution in [0.5, 0.6) is 0 Å². The van der Waals surface area contributed by atoms with Gasteiger partial charge in [-0.05, 0) is 31.5 Å². The maximum atomic E-state index is 5.87. The van der Waals surface area contributed by atoms with Crippen molar-refractivity contribution in [2.75, 3.05) is 5.32 Å². The molecule has 1 aromatic carbocycles. The Bertz CT molecular complexity index is 537. The van der Waals surface area contributed by atoms with Crippen LogP contribution in [0.3, 0.4) is 0 Å². The van der Waals surface area contributed by atoms with Crippen LogP contribution in [-0.4, -0.2) is 9.97 Å². The van der Waals surface area contributed by atoms with Gasteiger partial charge in [0.05, 0.1) is 0 Å². The van der Waals surface area contributed by atoms with Gasteiger partial charge in [0.15, 0.2) is 0 Å². The second-order valence-electron chi connectivity index (χ2n) is 3.71. The van der Waals surface area contributed by atoms with Crippen molar-refractivity contribution in [3.8, 4) is 0 Å². The quantitative estimate of drug-likeness (QED) is 0.842. The zero-order chi connectivity index (χ0) is 12.4. The van der Waals surface area contributed by atoms with E-state index in [-0.39, 0.29) is 0 Å². The van der Waals surface area contributed by atoms with E-state index < -0.39 is 0 Å². The number of aromatic nitrogens is 2. The van der Waals surface area contributed by atoms with Crippen LogP contribution in [0.1, 0.15) is 11.4 Å². The number of rotatable bonds is 2. The molecular weight excluding hydrogens is 302 g/mol. The van der Waals surface area contributed by atoms with E-state index in [4.69, 9.17) is 11.6 Å². The number of nitrogens with zero attached hydrogens (tertiary/aromatic N) is 2. The molecule has 0 unspecified atom stereocenters. The summed E-state index contributed by atoms with van der Waals surface area (Å²) in [7, 11) is 0. The Morgan fingerprint density at radius 3 is 2.59 bits per heavy atom. The van der Waals surface area contributed by atoms with Crippen molar-refractivity contribution in [1.29, 1.82) is 0 Å². The van der Waals surface area contributed by atoms with Crippen molar-refractivity contribution in [2.24, 2.45) is 0 Å². The van der Waals surface area contributed by atoms with Crippen LogP contribution in [0.25, 0.3) is 0 Å². The molecule has 0 aliphatic carbocycles. The van der Waals surface area contributed by atoms with Gasteiger partial charge in [0, 0.05) is 16.2 Å². The third kappa shape index (κ3) is 3.17. The average molecular weight is 313 g/mol. The molecule has 0 saturated heterocycles. The Labute approximate surface area is 113 Å². The first kappa shape index (κ1) is 12.3. The van der Waals surface area contributed by atoms with E-state index in [1.165, 1.54) is 5.56 Å². The van der Waals surface area contributed by atoms with E-state index >= 15 is 0 Å². The highest BCUT2D eigenvalue weighted by molar-refractivity contribution is 9.10. The fourth-order valence-electron chi connectivity index (χ4n) is 1.41. The van der Waals surface area contributed by atoms with E-state index in [0.29, 0.717) is 16.8 Å². The molecule has 0 aliphatic rings. The largest absolute Gasteiger partial charge is 0.340 e. The SMILES string of the molecule is Cc1nc(Cl)cc(Nc2ccc(C)c(Br)c2)n1. The van der Waals surface area contributed by atoms with Gasteiger partial charge in [-0.15, -0.1) is 0 Å². The van der Waals surface area contributed by atoms with E-state index in [2.05, 4.69) is 31.2 Å². The number of aryl methyl sites for hydroxylation is 2. The van der Waals surface area contributed by atoms with Gasteiger partial charge in [-0.25, -0.2) is 9.97 Å². The van der Waals surface area contributed by atoms with E-state index in [1.54, 1.807) is 6.07 Å². The molecule has 17 heavy (non-hydrogen) atoms. The number of benzene rings is 1. The van der Waals surface area contributed by atoms with E-state index in [0.717, 1.165) is 10.2 Å². The predicted octanol–water partition coefficient (Wildman–Crippen LogP) is 4.25. The van der Waals surface area contributed by atoms with Crippen LogP contribution in [0.15, 0.2) is 28.7 Å². The van der Waals surface area contributed by atoms with Crippen LogP contribution in [0.2, 0.25) is 5.15 Å². The van der Waals surface area contributed by atoms with Crippen LogP contribution >= 0.6 is 27.5 Å². The summed E-state index contributed by atoms with van der Waals surface area (Å²) in [4.78, 5) is 8.27. The Balaban J connectivity index is 2.28.